The zero-order valence-corrected chi connectivity index (χ0v) is 32.2. The molecule has 0 aliphatic rings. The van der Waals surface area contributed by atoms with Gasteiger partial charge >= 0.3 is 0 Å². The molecule has 1 heteroatoms. The van der Waals surface area contributed by atoms with Gasteiger partial charge in [0.15, 0.2) is 0 Å². The largest absolute Gasteiger partial charge is 0.195 e. The van der Waals surface area contributed by atoms with Crippen LogP contribution in [0, 0.1) is 61.3 Å². The summed E-state index contributed by atoms with van der Waals surface area (Å²) in [7, 11) is 0. The maximum absolute atomic E-state index is 2.42. The summed E-state index contributed by atoms with van der Waals surface area (Å²) in [6.45, 7) is 17.8. The third kappa shape index (κ3) is 8.00. The van der Waals surface area contributed by atoms with Crippen molar-refractivity contribution in [1.82, 2.24) is 0 Å². The van der Waals surface area contributed by atoms with Crippen LogP contribution in [0.4, 0.5) is 0 Å². The predicted octanol–water partition coefficient (Wildman–Crippen LogP) is 10.2. The number of rotatable bonds is 7. The van der Waals surface area contributed by atoms with Gasteiger partial charge in [-0.15, -0.1) is 0 Å². The predicted molar refractivity (Wildman–Crippen MR) is 228 cm³/mol. The first-order valence-corrected chi connectivity index (χ1v) is 18.6. The van der Waals surface area contributed by atoms with E-state index in [1.54, 1.807) is 0 Å². The molecule has 52 heavy (non-hydrogen) atoms. The molecule has 7 aromatic carbocycles. The molecule has 0 spiro atoms. The van der Waals surface area contributed by atoms with Gasteiger partial charge in [0.1, 0.15) is 6.15 Å². The molecule has 0 radical (unpaired) electrons. The molecule has 0 aromatic heterocycles. The molecule has 0 fully saturated rings. The molecule has 0 unspecified atom stereocenters. The van der Waals surface area contributed by atoms with Crippen molar-refractivity contribution < 1.29 is 0 Å². The lowest BCUT2D eigenvalue weighted by Crippen LogP contribution is -2.75. The normalized spacial score (nSPS) is 11.1. The van der Waals surface area contributed by atoms with Crippen LogP contribution < -0.4 is 21.9 Å². The van der Waals surface area contributed by atoms with E-state index in [2.05, 4.69) is 219 Å². The first-order chi connectivity index (χ1) is 25.0. The van der Waals surface area contributed by atoms with E-state index in [1.165, 1.54) is 89.0 Å². The van der Waals surface area contributed by atoms with Gasteiger partial charge in [-0.05, 0) is 128 Å². The molecule has 0 saturated heterocycles. The fourth-order valence-corrected chi connectivity index (χ4v) is 8.51. The minimum atomic E-state index is -1.37. The van der Waals surface area contributed by atoms with Crippen LogP contribution in [0.5, 0.6) is 0 Å². The Morgan fingerprint density at radius 1 is 0.269 bits per heavy atom. The first kappa shape index (κ1) is 36.3. The zero-order valence-electron chi connectivity index (χ0n) is 32.2. The number of aryl methyl sites for hydroxylation is 8. The van der Waals surface area contributed by atoms with Crippen molar-refractivity contribution >= 4 is 28.0 Å². The van der Waals surface area contributed by atoms with Crippen molar-refractivity contribution in [2.45, 2.75) is 55.4 Å². The summed E-state index contributed by atoms with van der Waals surface area (Å²) in [6.07, 6.45) is -1.37. The molecule has 258 valence electrons. The highest BCUT2D eigenvalue weighted by Gasteiger charge is 2.33. The average molecular weight is 675 g/mol. The quantitative estimate of drug-likeness (QED) is 0.0897. The molecule has 0 aliphatic heterocycles. The van der Waals surface area contributed by atoms with Crippen LogP contribution >= 0.6 is 0 Å². The van der Waals surface area contributed by atoms with Crippen LogP contribution in [0.25, 0.3) is 0 Å². The van der Waals surface area contributed by atoms with Gasteiger partial charge in [-0.25, -0.2) is 0 Å². The maximum atomic E-state index is 2.42. The second-order valence-electron chi connectivity index (χ2n) is 15.0. The van der Waals surface area contributed by atoms with Gasteiger partial charge in [0.25, 0.3) is 0 Å². The average Bonchev–Trinajstić information content (AvgIpc) is 3.09. The fourth-order valence-electron chi connectivity index (χ4n) is 8.51. The van der Waals surface area contributed by atoms with Crippen LogP contribution in [0.15, 0.2) is 164 Å². The molecular weight excluding hydrogens is 623 g/mol. The van der Waals surface area contributed by atoms with Crippen molar-refractivity contribution in [3.63, 3.8) is 0 Å². The van der Waals surface area contributed by atoms with E-state index in [9.17, 15) is 0 Å². The van der Waals surface area contributed by atoms with Crippen LogP contribution in [0.2, 0.25) is 0 Å². The molecule has 0 amide bonds. The second kappa shape index (κ2) is 15.8. The van der Waals surface area contributed by atoms with Gasteiger partial charge in [0.05, 0.1) is 22.6 Å². The van der Waals surface area contributed by atoms with Gasteiger partial charge in [0, 0.05) is 0 Å². The molecular formula is C51H51B. The van der Waals surface area contributed by atoms with Crippen LogP contribution in [0.1, 0.15) is 61.2 Å². The van der Waals surface area contributed by atoms with Crippen LogP contribution in [-0.2, 0) is 0 Å². The number of benzene rings is 7. The lowest BCUT2D eigenvalue weighted by atomic mass is 9.12. The summed E-state index contributed by atoms with van der Waals surface area (Å²) in [5.41, 5.74) is 19.8. The Morgan fingerprint density at radius 3 is 0.654 bits per heavy atom. The second-order valence-corrected chi connectivity index (χ2v) is 15.0. The van der Waals surface area contributed by atoms with Gasteiger partial charge in [-0.1, -0.05) is 136 Å². The maximum Gasteiger partial charge on any atom is 0.108 e. The third-order valence-electron chi connectivity index (χ3n) is 10.2. The van der Waals surface area contributed by atoms with Gasteiger partial charge < -0.3 is 0 Å². The summed E-state index contributed by atoms with van der Waals surface area (Å²) in [6, 6.07) is 60.1. The molecule has 7 rings (SSSR count). The topological polar surface area (TPSA) is 0 Å². The summed E-state index contributed by atoms with van der Waals surface area (Å²) >= 11 is 0. The molecule has 0 nitrogen and oxygen atoms in total. The highest BCUT2D eigenvalue weighted by molar-refractivity contribution is 7.20. The van der Waals surface area contributed by atoms with Crippen molar-refractivity contribution in [3.8, 4) is 0 Å². The van der Waals surface area contributed by atoms with Crippen LogP contribution in [0.3, 0.4) is 0 Å². The Balaban J connectivity index is 0.000000206. The molecule has 0 bridgehead atoms. The zero-order chi connectivity index (χ0) is 36.8. The summed E-state index contributed by atoms with van der Waals surface area (Å²) < 4.78 is 0. The summed E-state index contributed by atoms with van der Waals surface area (Å²) in [5, 5.41) is 0. The molecule has 0 atom stereocenters. The van der Waals surface area contributed by atoms with Crippen molar-refractivity contribution in [2.75, 3.05) is 0 Å². The van der Waals surface area contributed by atoms with Crippen molar-refractivity contribution in [3.05, 3.63) is 231 Å². The van der Waals surface area contributed by atoms with Crippen molar-refractivity contribution in [1.29, 1.82) is 0 Å². The molecule has 0 saturated carbocycles. The molecule has 0 heterocycles. The number of hydrogen-bond acceptors (Lipinski definition) is 0. The highest BCUT2D eigenvalue weighted by atomic mass is 14.2. The lowest BCUT2D eigenvalue weighted by Gasteiger charge is -2.46. The number of hydrogen-bond donors (Lipinski definition) is 0. The van der Waals surface area contributed by atoms with E-state index in [-0.39, 0.29) is 0 Å². The monoisotopic (exact) mass is 674 g/mol. The molecule has 7 aromatic rings. The molecule has 0 N–H and O–H groups in total. The Labute approximate surface area is 313 Å². The van der Waals surface area contributed by atoms with E-state index in [0.717, 1.165) is 0 Å². The fraction of sp³-hybridized carbons (Fsp3) is 0.157. The lowest BCUT2D eigenvalue weighted by molar-refractivity contribution is 1.23. The van der Waals surface area contributed by atoms with Gasteiger partial charge in [-0.3, -0.25) is 0 Å². The van der Waals surface area contributed by atoms with Gasteiger partial charge in [0.2, 0.25) is 0 Å². The van der Waals surface area contributed by atoms with E-state index < -0.39 is 6.15 Å². The Kier molecular flexibility index (Phi) is 11.0. The van der Waals surface area contributed by atoms with E-state index in [4.69, 9.17) is 0 Å². The third-order valence-corrected chi connectivity index (χ3v) is 10.2. The first-order valence-electron chi connectivity index (χ1n) is 18.6. The molecule has 0 aliphatic carbocycles. The Bertz CT molecular complexity index is 1880. The van der Waals surface area contributed by atoms with E-state index >= 15 is 0 Å². The van der Waals surface area contributed by atoms with Gasteiger partial charge in [-0.2, -0.15) is 21.9 Å². The Morgan fingerprint density at radius 2 is 0.462 bits per heavy atom. The minimum Gasteiger partial charge on any atom is -0.195 e. The van der Waals surface area contributed by atoms with E-state index in [0.29, 0.717) is 0 Å². The van der Waals surface area contributed by atoms with Crippen molar-refractivity contribution in [2.24, 2.45) is 0 Å². The smallest absolute Gasteiger partial charge is 0.108 e. The standard InChI is InChI=1S/C32H36B.C19H15/c1-21-9-22(2)14-29(13-21)33(30-15-23(3)10-24(4)16-30,31-17-25(5)11-26(6)18-31)32-19-27(7)12-28(8)20-32;1-4-10-16(11-5-1)19(17-12-6-2-7-13-17)18-14-8-3-9-15-18/h9-20H,1-8H3;1-15H/q-1;+1. The minimum absolute atomic E-state index is 1.25. The summed E-state index contributed by atoms with van der Waals surface area (Å²) in [5.74, 6) is 1.28. The van der Waals surface area contributed by atoms with Crippen LogP contribution in [-0.4, -0.2) is 6.15 Å². The highest BCUT2D eigenvalue weighted by Crippen LogP contribution is 2.30. The Hall–Kier alpha value is -5.53. The SMILES string of the molecule is Cc1cc(C)cc([B-](c2cc(C)cc(C)c2)(c2cc(C)cc(C)c2)c2cc(C)cc(C)c2)c1.c1ccc([C+](c2ccccc2)c2ccccc2)cc1. The van der Waals surface area contributed by atoms with E-state index in [1.807, 2.05) is 0 Å². The summed E-state index contributed by atoms with van der Waals surface area (Å²) in [4.78, 5) is 0.